The molecule has 1 aliphatic heterocycles. The van der Waals surface area contributed by atoms with E-state index in [4.69, 9.17) is 5.73 Å². The zero-order valence-electron chi connectivity index (χ0n) is 12.5. The standard InChI is InChI=1S/C16H27N3/c1-16(12-17,14-7-5-4-6-8-14)13-19-10-9-15(11-19)18(2)3/h4-8,15H,9-13,17H2,1-3H3. The van der Waals surface area contributed by atoms with Crippen LogP contribution in [0, 0.1) is 0 Å². The molecule has 3 heteroatoms. The minimum atomic E-state index is 0.0580. The maximum Gasteiger partial charge on any atom is 0.0229 e. The largest absolute Gasteiger partial charge is 0.330 e. The molecule has 0 aromatic heterocycles. The summed E-state index contributed by atoms with van der Waals surface area (Å²) in [5.74, 6) is 0. The van der Waals surface area contributed by atoms with Gasteiger partial charge in [-0.25, -0.2) is 0 Å². The van der Waals surface area contributed by atoms with Gasteiger partial charge in [-0.1, -0.05) is 37.3 Å². The smallest absolute Gasteiger partial charge is 0.0229 e. The van der Waals surface area contributed by atoms with Gasteiger partial charge in [0.15, 0.2) is 0 Å². The van der Waals surface area contributed by atoms with Crippen molar-refractivity contribution in [2.75, 3.05) is 40.3 Å². The van der Waals surface area contributed by atoms with E-state index in [2.05, 4.69) is 61.2 Å². The van der Waals surface area contributed by atoms with Gasteiger partial charge in [0.2, 0.25) is 0 Å². The molecule has 0 amide bonds. The number of nitrogens with two attached hydrogens (primary N) is 1. The SMILES string of the molecule is CN(C)C1CCN(CC(C)(CN)c2ccccc2)C1. The Balaban J connectivity index is 2.04. The molecule has 1 aliphatic rings. The summed E-state index contributed by atoms with van der Waals surface area (Å²) in [5, 5.41) is 0. The van der Waals surface area contributed by atoms with Gasteiger partial charge in [-0.05, 0) is 32.6 Å². The van der Waals surface area contributed by atoms with Crippen molar-refractivity contribution in [2.24, 2.45) is 5.73 Å². The third-order valence-electron chi connectivity index (χ3n) is 4.47. The first kappa shape index (κ1) is 14.5. The molecule has 0 bridgehead atoms. The summed E-state index contributed by atoms with van der Waals surface area (Å²) >= 11 is 0. The zero-order valence-corrected chi connectivity index (χ0v) is 12.5. The summed E-state index contributed by atoms with van der Waals surface area (Å²) in [6.45, 7) is 6.38. The van der Waals surface area contributed by atoms with Crippen LogP contribution in [-0.2, 0) is 5.41 Å². The van der Waals surface area contributed by atoms with Crippen LogP contribution < -0.4 is 5.73 Å². The molecule has 2 unspecified atom stereocenters. The van der Waals surface area contributed by atoms with Crippen molar-refractivity contribution in [1.82, 2.24) is 9.80 Å². The van der Waals surface area contributed by atoms with Gasteiger partial charge in [0.1, 0.15) is 0 Å². The van der Waals surface area contributed by atoms with Crippen molar-refractivity contribution in [3.63, 3.8) is 0 Å². The van der Waals surface area contributed by atoms with Gasteiger partial charge in [0.05, 0.1) is 0 Å². The summed E-state index contributed by atoms with van der Waals surface area (Å²) in [6, 6.07) is 11.4. The molecule has 0 aliphatic carbocycles. The lowest BCUT2D eigenvalue weighted by Gasteiger charge is -2.33. The molecule has 0 spiro atoms. The second kappa shape index (κ2) is 6.04. The molecule has 19 heavy (non-hydrogen) atoms. The third kappa shape index (κ3) is 3.35. The molecule has 1 heterocycles. The molecule has 0 radical (unpaired) electrons. The Morgan fingerprint density at radius 2 is 2.00 bits per heavy atom. The van der Waals surface area contributed by atoms with Crippen molar-refractivity contribution in [3.05, 3.63) is 35.9 Å². The van der Waals surface area contributed by atoms with E-state index in [0.29, 0.717) is 12.6 Å². The first-order chi connectivity index (χ1) is 9.05. The fraction of sp³-hybridized carbons (Fsp3) is 0.625. The van der Waals surface area contributed by atoms with E-state index in [1.165, 1.54) is 18.5 Å². The Hall–Kier alpha value is -0.900. The van der Waals surface area contributed by atoms with Crippen molar-refractivity contribution < 1.29 is 0 Å². The van der Waals surface area contributed by atoms with Crippen LogP contribution in [0.3, 0.4) is 0 Å². The van der Waals surface area contributed by atoms with Gasteiger partial charge in [-0.3, -0.25) is 0 Å². The van der Waals surface area contributed by atoms with Crippen LogP contribution in [-0.4, -0.2) is 56.1 Å². The predicted molar refractivity (Wildman–Crippen MR) is 81.4 cm³/mol. The van der Waals surface area contributed by atoms with Crippen molar-refractivity contribution >= 4 is 0 Å². The second-order valence-electron chi connectivity index (χ2n) is 6.27. The minimum absolute atomic E-state index is 0.0580. The number of benzene rings is 1. The van der Waals surface area contributed by atoms with Gasteiger partial charge in [-0.15, -0.1) is 0 Å². The van der Waals surface area contributed by atoms with Crippen LogP contribution in [0.25, 0.3) is 0 Å². The number of likely N-dealkylation sites (N-methyl/N-ethyl adjacent to an activating group) is 1. The minimum Gasteiger partial charge on any atom is -0.330 e. The average molecular weight is 261 g/mol. The molecule has 2 N–H and O–H groups in total. The van der Waals surface area contributed by atoms with E-state index in [1.807, 2.05) is 0 Å². The van der Waals surface area contributed by atoms with Gasteiger partial charge in [0, 0.05) is 31.1 Å². The summed E-state index contributed by atoms with van der Waals surface area (Å²) in [7, 11) is 4.35. The molecule has 2 atom stereocenters. The summed E-state index contributed by atoms with van der Waals surface area (Å²) in [4.78, 5) is 4.90. The lowest BCUT2D eigenvalue weighted by Crippen LogP contribution is -2.44. The highest BCUT2D eigenvalue weighted by Crippen LogP contribution is 2.26. The maximum absolute atomic E-state index is 6.07. The predicted octanol–water partition coefficient (Wildman–Crippen LogP) is 1.54. The van der Waals surface area contributed by atoms with Gasteiger partial charge in [0.25, 0.3) is 0 Å². The average Bonchev–Trinajstić information content (AvgIpc) is 2.88. The Morgan fingerprint density at radius 1 is 1.32 bits per heavy atom. The first-order valence-corrected chi connectivity index (χ1v) is 7.19. The fourth-order valence-electron chi connectivity index (χ4n) is 2.99. The zero-order chi connectivity index (χ0) is 13.9. The number of hydrogen-bond acceptors (Lipinski definition) is 3. The van der Waals surface area contributed by atoms with E-state index in [1.54, 1.807) is 0 Å². The molecule has 1 fully saturated rings. The van der Waals surface area contributed by atoms with Crippen molar-refractivity contribution in [3.8, 4) is 0 Å². The lowest BCUT2D eigenvalue weighted by atomic mass is 9.82. The highest BCUT2D eigenvalue weighted by atomic mass is 15.2. The van der Waals surface area contributed by atoms with Gasteiger partial charge >= 0.3 is 0 Å². The highest BCUT2D eigenvalue weighted by molar-refractivity contribution is 5.25. The van der Waals surface area contributed by atoms with Crippen molar-refractivity contribution in [1.29, 1.82) is 0 Å². The highest BCUT2D eigenvalue weighted by Gasteiger charge is 2.32. The third-order valence-corrected chi connectivity index (χ3v) is 4.47. The molecule has 2 rings (SSSR count). The molecule has 106 valence electrons. The molecule has 3 nitrogen and oxygen atoms in total. The topological polar surface area (TPSA) is 32.5 Å². The van der Waals surface area contributed by atoms with Crippen LogP contribution in [0.2, 0.25) is 0 Å². The summed E-state index contributed by atoms with van der Waals surface area (Å²) < 4.78 is 0. The normalized spacial score (nSPS) is 23.7. The quantitative estimate of drug-likeness (QED) is 0.872. The molecule has 1 saturated heterocycles. The summed E-state index contributed by atoms with van der Waals surface area (Å²) in [6.07, 6.45) is 1.27. The van der Waals surface area contributed by atoms with E-state index in [9.17, 15) is 0 Å². The van der Waals surface area contributed by atoms with E-state index in [0.717, 1.165) is 13.1 Å². The van der Waals surface area contributed by atoms with Crippen LogP contribution in [0.4, 0.5) is 0 Å². The molecule has 1 aromatic rings. The van der Waals surface area contributed by atoms with Crippen LogP contribution >= 0.6 is 0 Å². The van der Waals surface area contributed by atoms with Gasteiger partial charge in [-0.2, -0.15) is 0 Å². The van der Waals surface area contributed by atoms with E-state index in [-0.39, 0.29) is 5.41 Å². The van der Waals surface area contributed by atoms with Crippen molar-refractivity contribution in [2.45, 2.75) is 24.8 Å². The van der Waals surface area contributed by atoms with E-state index >= 15 is 0 Å². The molecule has 0 saturated carbocycles. The number of hydrogen-bond donors (Lipinski definition) is 1. The Labute approximate surface area is 117 Å². The molecular formula is C16H27N3. The Kier molecular flexibility index (Phi) is 4.61. The fourth-order valence-corrected chi connectivity index (χ4v) is 2.99. The number of rotatable bonds is 5. The maximum atomic E-state index is 6.07. The number of nitrogens with zero attached hydrogens (tertiary/aromatic N) is 2. The second-order valence-corrected chi connectivity index (χ2v) is 6.27. The summed E-state index contributed by atoms with van der Waals surface area (Å²) in [5.41, 5.74) is 7.49. The van der Waals surface area contributed by atoms with Crippen LogP contribution in [0.15, 0.2) is 30.3 Å². The lowest BCUT2D eigenvalue weighted by molar-refractivity contribution is 0.231. The first-order valence-electron chi connectivity index (χ1n) is 7.19. The Morgan fingerprint density at radius 3 is 2.53 bits per heavy atom. The van der Waals surface area contributed by atoms with Crippen LogP contribution in [0.1, 0.15) is 18.9 Å². The monoisotopic (exact) mass is 261 g/mol. The molecule has 1 aromatic carbocycles. The van der Waals surface area contributed by atoms with Crippen LogP contribution in [0.5, 0.6) is 0 Å². The molecular weight excluding hydrogens is 234 g/mol. The number of likely N-dealkylation sites (tertiary alicyclic amines) is 1. The Bertz CT molecular complexity index is 390. The van der Waals surface area contributed by atoms with E-state index < -0.39 is 0 Å². The van der Waals surface area contributed by atoms with Gasteiger partial charge < -0.3 is 15.5 Å².